The van der Waals surface area contributed by atoms with E-state index in [4.69, 9.17) is 0 Å². The predicted octanol–water partition coefficient (Wildman–Crippen LogP) is 0.492. The van der Waals surface area contributed by atoms with Gasteiger partial charge in [0.25, 0.3) is 11.8 Å². The number of amides is 2. The van der Waals surface area contributed by atoms with Gasteiger partial charge in [0.2, 0.25) is 10.0 Å². The highest BCUT2D eigenvalue weighted by molar-refractivity contribution is 7.89. The molecule has 1 atom stereocenters. The number of sulfonamides is 1. The van der Waals surface area contributed by atoms with E-state index in [1.807, 2.05) is 0 Å². The summed E-state index contributed by atoms with van der Waals surface area (Å²) in [6.07, 6.45) is 2.48. The quantitative estimate of drug-likeness (QED) is 0.753. The monoisotopic (exact) mass is 323 g/mol. The number of pyridine rings is 1. The maximum absolute atomic E-state index is 12.4. The van der Waals surface area contributed by atoms with Crippen molar-refractivity contribution in [3.8, 4) is 0 Å². The summed E-state index contributed by atoms with van der Waals surface area (Å²) in [4.78, 5) is 29.9. The molecule has 22 heavy (non-hydrogen) atoms. The first-order valence-corrected chi connectivity index (χ1v) is 8.87. The third kappa shape index (κ3) is 2.32. The van der Waals surface area contributed by atoms with Crippen LogP contribution in [0, 0.1) is 0 Å². The van der Waals surface area contributed by atoms with E-state index in [2.05, 4.69) is 4.98 Å². The molecule has 1 fully saturated rings. The number of imide groups is 1. The molecule has 0 aliphatic carbocycles. The molecule has 8 heteroatoms. The minimum Gasteiger partial charge on any atom is -0.268 e. The van der Waals surface area contributed by atoms with E-state index >= 15 is 0 Å². The maximum Gasteiger partial charge on any atom is 0.280 e. The molecule has 2 amide bonds. The Balaban J connectivity index is 1.81. The molecule has 1 aromatic heterocycles. The SMILES string of the molecule is CCCS(=O)(=O)N1CCC(N2C(=O)c3cccnc3C2=O)C1. The van der Waals surface area contributed by atoms with Crippen molar-refractivity contribution in [2.24, 2.45) is 0 Å². The molecule has 2 aliphatic heterocycles. The normalized spacial score (nSPS) is 22.4. The van der Waals surface area contributed by atoms with Gasteiger partial charge >= 0.3 is 0 Å². The van der Waals surface area contributed by atoms with Gasteiger partial charge in [-0.05, 0) is 25.0 Å². The Morgan fingerprint density at radius 3 is 2.77 bits per heavy atom. The Morgan fingerprint density at radius 2 is 2.09 bits per heavy atom. The van der Waals surface area contributed by atoms with Crippen molar-refractivity contribution >= 4 is 21.8 Å². The number of aromatic nitrogens is 1. The standard InChI is InChI=1S/C14H17N3O4S/c1-2-8-22(20,21)16-7-5-10(9-16)17-13(18)11-4-3-6-15-12(11)14(17)19/h3-4,6,10H,2,5,7-9H2,1H3. The molecule has 3 rings (SSSR count). The van der Waals surface area contributed by atoms with Crippen LogP contribution in [0.4, 0.5) is 0 Å². The van der Waals surface area contributed by atoms with Crippen LogP contribution in [0.25, 0.3) is 0 Å². The second-order valence-electron chi connectivity index (χ2n) is 5.50. The summed E-state index contributed by atoms with van der Waals surface area (Å²) < 4.78 is 25.6. The molecule has 118 valence electrons. The number of nitrogens with zero attached hydrogens (tertiary/aromatic N) is 3. The summed E-state index contributed by atoms with van der Waals surface area (Å²) >= 11 is 0. The minimum absolute atomic E-state index is 0.0867. The molecule has 0 aromatic carbocycles. The molecule has 1 unspecified atom stereocenters. The molecule has 0 N–H and O–H groups in total. The largest absolute Gasteiger partial charge is 0.280 e. The predicted molar refractivity (Wildman–Crippen MR) is 78.8 cm³/mol. The number of rotatable bonds is 4. The van der Waals surface area contributed by atoms with Crippen molar-refractivity contribution in [3.05, 3.63) is 29.6 Å². The van der Waals surface area contributed by atoms with E-state index in [0.29, 0.717) is 24.9 Å². The number of carbonyl (C=O) groups excluding carboxylic acids is 2. The van der Waals surface area contributed by atoms with Gasteiger partial charge in [0.1, 0.15) is 5.69 Å². The van der Waals surface area contributed by atoms with E-state index in [1.165, 1.54) is 15.4 Å². The van der Waals surface area contributed by atoms with Crippen LogP contribution in [-0.4, -0.2) is 59.3 Å². The molecule has 0 saturated carbocycles. The Kier molecular flexibility index (Phi) is 3.73. The van der Waals surface area contributed by atoms with Crippen molar-refractivity contribution in [3.63, 3.8) is 0 Å². The third-order valence-corrected chi connectivity index (χ3v) is 6.07. The van der Waals surface area contributed by atoms with Crippen LogP contribution < -0.4 is 0 Å². The Morgan fingerprint density at radius 1 is 1.32 bits per heavy atom. The van der Waals surface area contributed by atoms with Crippen LogP contribution >= 0.6 is 0 Å². The molecule has 0 bridgehead atoms. The van der Waals surface area contributed by atoms with Crippen LogP contribution in [0.1, 0.15) is 40.6 Å². The fourth-order valence-electron chi connectivity index (χ4n) is 2.98. The number of fused-ring (bicyclic) bond motifs is 1. The minimum atomic E-state index is -3.31. The molecular formula is C14H17N3O4S. The summed E-state index contributed by atoms with van der Waals surface area (Å²) in [6, 6.07) is 2.77. The fraction of sp³-hybridized carbons (Fsp3) is 0.500. The first-order chi connectivity index (χ1) is 10.5. The van der Waals surface area contributed by atoms with Gasteiger partial charge in [0, 0.05) is 19.3 Å². The van der Waals surface area contributed by atoms with Crippen molar-refractivity contribution in [1.82, 2.24) is 14.2 Å². The van der Waals surface area contributed by atoms with Gasteiger partial charge in [-0.15, -0.1) is 0 Å². The maximum atomic E-state index is 12.4. The topological polar surface area (TPSA) is 87.7 Å². The van der Waals surface area contributed by atoms with Crippen molar-refractivity contribution < 1.29 is 18.0 Å². The molecule has 3 heterocycles. The van der Waals surface area contributed by atoms with E-state index in [9.17, 15) is 18.0 Å². The molecular weight excluding hydrogens is 306 g/mol. The molecule has 1 saturated heterocycles. The Labute approximate surface area is 129 Å². The lowest BCUT2D eigenvalue weighted by molar-refractivity contribution is 0.0591. The lowest BCUT2D eigenvalue weighted by atomic mass is 10.2. The van der Waals surface area contributed by atoms with Crippen LogP contribution in [0.15, 0.2) is 18.3 Å². The zero-order valence-electron chi connectivity index (χ0n) is 12.2. The fourth-order valence-corrected chi connectivity index (χ4v) is 4.53. The smallest absolute Gasteiger partial charge is 0.268 e. The van der Waals surface area contributed by atoms with E-state index in [1.54, 1.807) is 19.1 Å². The van der Waals surface area contributed by atoms with Gasteiger partial charge in [-0.1, -0.05) is 6.92 Å². The van der Waals surface area contributed by atoms with E-state index < -0.39 is 22.0 Å². The summed E-state index contributed by atoms with van der Waals surface area (Å²) in [5, 5.41) is 0. The average Bonchev–Trinajstić information content (AvgIpc) is 3.05. The zero-order valence-corrected chi connectivity index (χ0v) is 13.0. The summed E-state index contributed by atoms with van der Waals surface area (Å²) in [5.74, 6) is -0.725. The first-order valence-electron chi connectivity index (χ1n) is 7.26. The number of carbonyl (C=O) groups is 2. The van der Waals surface area contributed by atoms with Crippen molar-refractivity contribution in [2.75, 3.05) is 18.8 Å². The molecule has 7 nitrogen and oxygen atoms in total. The molecule has 0 radical (unpaired) electrons. The second kappa shape index (κ2) is 5.44. The van der Waals surface area contributed by atoms with Gasteiger partial charge in [0.15, 0.2) is 0 Å². The van der Waals surface area contributed by atoms with Crippen LogP contribution in [0.5, 0.6) is 0 Å². The van der Waals surface area contributed by atoms with Gasteiger partial charge in [0.05, 0.1) is 17.4 Å². The highest BCUT2D eigenvalue weighted by atomic mass is 32.2. The summed E-state index contributed by atoms with van der Waals surface area (Å²) in [6.45, 7) is 2.32. The summed E-state index contributed by atoms with van der Waals surface area (Å²) in [7, 11) is -3.31. The van der Waals surface area contributed by atoms with Gasteiger partial charge in [-0.2, -0.15) is 4.31 Å². The van der Waals surface area contributed by atoms with Gasteiger partial charge in [-0.3, -0.25) is 19.5 Å². The Hall–Kier alpha value is -1.80. The highest BCUT2D eigenvalue weighted by Crippen LogP contribution is 2.27. The lowest BCUT2D eigenvalue weighted by Crippen LogP contribution is -2.42. The van der Waals surface area contributed by atoms with Crippen LogP contribution in [0.2, 0.25) is 0 Å². The molecule has 2 aliphatic rings. The Bertz CT molecular complexity index is 696. The van der Waals surface area contributed by atoms with E-state index in [-0.39, 0.29) is 23.9 Å². The second-order valence-corrected chi connectivity index (χ2v) is 7.58. The van der Waals surface area contributed by atoms with Crippen molar-refractivity contribution in [2.45, 2.75) is 25.8 Å². The lowest BCUT2D eigenvalue weighted by Gasteiger charge is -2.22. The van der Waals surface area contributed by atoms with Gasteiger partial charge < -0.3 is 0 Å². The van der Waals surface area contributed by atoms with Gasteiger partial charge in [-0.25, -0.2) is 8.42 Å². The highest BCUT2D eigenvalue weighted by Gasteiger charge is 2.44. The first kappa shape index (κ1) is 15.1. The number of hydrogen-bond donors (Lipinski definition) is 0. The van der Waals surface area contributed by atoms with Crippen LogP contribution in [-0.2, 0) is 10.0 Å². The number of hydrogen-bond acceptors (Lipinski definition) is 5. The summed E-state index contributed by atoms with van der Waals surface area (Å²) in [5.41, 5.74) is 0.449. The molecule has 1 aromatic rings. The average molecular weight is 323 g/mol. The zero-order chi connectivity index (χ0) is 15.9. The van der Waals surface area contributed by atoms with E-state index in [0.717, 1.165) is 0 Å². The molecule has 0 spiro atoms. The van der Waals surface area contributed by atoms with Crippen LogP contribution in [0.3, 0.4) is 0 Å². The third-order valence-electron chi connectivity index (χ3n) is 4.03. The van der Waals surface area contributed by atoms with Crippen molar-refractivity contribution in [1.29, 1.82) is 0 Å².